The van der Waals surface area contributed by atoms with Crippen LogP contribution in [0, 0.1) is 0 Å². The monoisotopic (exact) mass is 424 g/mol. The van der Waals surface area contributed by atoms with E-state index < -0.39 is 11.7 Å². The summed E-state index contributed by atoms with van der Waals surface area (Å²) in [6, 6.07) is 11.9. The molecule has 1 amide bonds. The Morgan fingerprint density at radius 2 is 1.84 bits per heavy atom. The van der Waals surface area contributed by atoms with Crippen molar-refractivity contribution in [2.24, 2.45) is 0 Å². The zero-order chi connectivity index (χ0) is 22.5. The zero-order valence-corrected chi connectivity index (χ0v) is 18.6. The Labute approximate surface area is 184 Å². The van der Waals surface area contributed by atoms with Crippen LogP contribution in [-0.4, -0.2) is 24.0 Å². The summed E-state index contributed by atoms with van der Waals surface area (Å²) in [4.78, 5) is 16.2. The van der Waals surface area contributed by atoms with E-state index in [2.05, 4.69) is 16.9 Å². The molecule has 2 rings (SSSR count). The van der Waals surface area contributed by atoms with Crippen molar-refractivity contribution in [2.75, 3.05) is 13.2 Å². The molecule has 2 aromatic rings. The van der Waals surface area contributed by atoms with Gasteiger partial charge in [-0.1, -0.05) is 61.8 Å². The molecule has 0 spiro atoms. The maximum Gasteiger partial charge on any atom is 0.280 e. The first-order valence-electron chi connectivity index (χ1n) is 10.9. The minimum Gasteiger partial charge on any atom is -0.478 e. The van der Waals surface area contributed by atoms with E-state index in [1.807, 2.05) is 42.5 Å². The van der Waals surface area contributed by atoms with Gasteiger partial charge in [-0.3, -0.25) is 4.79 Å². The molecule has 1 heterocycles. The lowest BCUT2D eigenvalue weighted by atomic mass is 10.1. The van der Waals surface area contributed by atoms with E-state index in [0.717, 1.165) is 55.0 Å². The number of halogens is 1. The number of pyridine rings is 1. The highest BCUT2D eigenvalue weighted by atomic mass is 19.1. The first kappa shape index (κ1) is 24.3. The van der Waals surface area contributed by atoms with E-state index in [-0.39, 0.29) is 6.54 Å². The Morgan fingerprint density at radius 3 is 2.65 bits per heavy atom. The van der Waals surface area contributed by atoms with E-state index in [4.69, 9.17) is 4.74 Å². The fraction of sp³-hybridized carbons (Fsp3) is 0.385. The molecule has 166 valence electrons. The third kappa shape index (κ3) is 9.16. The van der Waals surface area contributed by atoms with Crippen molar-refractivity contribution < 1.29 is 13.9 Å². The lowest BCUT2D eigenvalue weighted by molar-refractivity contribution is -0.118. The second kappa shape index (κ2) is 13.4. The van der Waals surface area contributed by atoms with Crippen molar-refractivity contribution >= 4 is 16.8 Å². The molecule has 5 heteroatoms. The van der Waals surface area contributed by atoms with Crippen LogP contribution in [0.15, 0.2) is 72.1 Å². The summed E-state index contributed by atoms with van der Waals surface area (Å²) in [5.41, 5.74) is 2.08. The number of para-hydroxylation sites is 1. The molecule has 0 saturated carbocycles. The number of hydrogen-bond donors (Lipinski definition) is 1. The summed E-state index contributed by atoms with van der Waals surface area (Å²) < 4.78 is 19.7. The van der Waals surface area contributed by atoms with Gasteiger partial charge in [0.25, 0.3) is 5.91 Å². The molecule has 0 aliphatic carbocycles. The Balaban J connectivity index is 1.55. The molecule has 1 aromatic carbocycles. The van der Waals surface area contributed by atoms with Crippen molar-refractivity contribution in [3.63, 3.8) is 0 Å². The minimum absolute atomic E-state index is 0.285. The number of ether oxygens (including phenoxy) is 1. The lowest BCUT2D eigenvalue weighted by Crippen LogP contribution is -2.25. The topological polar surface area (TPSA) is 51.2 Å². The predicted octanol–water partition coefficient (Wildman–Crippen LogP) is 6.45. The normalized spacial score (nSPS) is 12.1. The second-order valence-corrected chi connectivity index (χ2v) is 7.79. The van der Waals surface area contributed by atoms with E-state index in [1.54, 1.807) is 19.9 Å². The van der Waals surface area contributed by atoms with Crippen LogP contribution < -0.4 is 10.1 Å². The smallest absolute Gasteiger partial charge is 0.280 e. The first-order chi connectivity index (χ1) is 15.0. The number of carbonyl (C=O) groups is 1. The lowest BCUT2D eigenvalue weighted by Gasteiger charge is -2.06. The van der Waals surface area contributed by atoms with Crippen molar-refractivity contribution in [3.8, 4) is 5.88 Å². The third-order valence-electron chi connectivity index (χ3n) is 4.80. The molecule has 0 unspecified atom stereocenters. The van der Waals surface area contributed by atoms with Crippen LogP contribution in [0.25, 0.3) is 10.9 Å². The van der Waals surface area contributed by atoms with Crippen molar-refractivity contribution in [3.05, 3.63) is 72.1 Å². The van der Waals surface area contributed by atoms with E-state index >= 15 is 0 Å². The van der Waals surface area contributed by atoms with Gasteiger partial charge in [-0.25, -0.2) is 9.37 Å². The largest absolute Gasteiger partial charge is 0.478 e. The van der Waals surface area contributed by atoms with Crippen LogP contribution in [0.5, 0.6) is 5.88 Å². The van der Waals surface area contributed by atoms with E-state index in [1.165, 1.54) is 0 Å². The Hall–Kier alpha value is -2.95. The van der Waals surface area contributed by atoms with Crippen LogP contribution >= 0.6 is 0 Å². The molecular formula is C26H33FN2O2. The summed E-state index contributed by atoms with van der Waals surface area (Å²) in [5, 5.41) is 3.61. The van der Waals surface area contributed by atoms with Gasteiger partial charge in [0.05, 0.1) is 12.1 Å². The maximum absolute atomic E-state index is 14.0. The van der Waals surface area contributed by atoms with Gasteiger partial charge in [0, 0.05) is 18.0 Å². The van der Waals surface area contributed by atoms with Gasteiger partial charge < -0.3 is 10.1 Å². The van der Waals surface area contributed by atoms with Crippen LogP contribution in [0.1, 0.15) is 52.4 Å². The zero-order valence-electron chi connectivity index (χ0n) is 18.6. The van der Waals surface area contributed by atoms with E-state index in [9.17, 15) is 9.18 Å². The standard InChI is InChI=1S/C26H33FN2O2/c1-20(2)19-28-26(30)25(27)21(3)13-9-7-5-4-6-8-12-18-31-24-17-16-22-14-10-11-15-23(22)29-24/h9-11,13-17H,1,4-8,12,18-19H2,2-3H3,(H,28,30). The number of allylic oxidation sites excluding steroid dienone is 3. The molecule has 0 fully saturated rings. The average molecular weight is 425 g/mol. The van der Waals surface area contributed by atoms with Crippen LogP contribution in [-0.2, 0) is 4.79 Å². The number of aromatic nitrogens is 1. The highest BCUT2D eigenvalue weighted by molar-refractivity contribution is 5.92. The van der Waals surface area contributed by atoms with E-state index in [0.29, 0.717) is 18.1 Å². The Morgan fingerprint density at radius 1 is 1.10 bits per heavy atom. The second-order valence-electron chi connectivity index (χ2n) is 7.79. The number of hydrogen-bond acceptors (Lipinski definition) is 3. The Bertz CT molecular complexity index is 934. The van der Waals surface area contributed by atoms with Crippen LogP contribution in [0.3, 0.4) is 0 Å². The molecule has 0 saturated heterocycles. The fourth-order valence-electron chi connectivity index (χ4n) is 3.02. The van der Waals surface area contributed by atoms with Crippen molar-refractivity contribution in [2.45, 2.75) is 52.4 Å². The minimum atomic E-state index is -0.738. The number of carbonyl (C=O) groups excluding carboxylic acids is 1. The quantitative estimate of drug-likeness (QED) is 0.174. The summed E-state index contributed by atoms with van der Waals surface area (Å²) in [6.07, 6.45) is 9.87. The number of unbranched alkanes of at least 4 members (excludes halogenated alkanes) is 5. The number of nitrogens with zero attached hydrogens (tertiary/aromatic N) is 1. The van der Waals surface area contributed by atoms with Gasteiger partial charge in [-0.05, 0) is 50.8 Å². The summed E-state index contributed by atoms with van der Waals surface area (Å²) in [7, 11) is 0. The van der Waals surface area contributed by atoms with Gasteiger partial charge in [-0.2, -0.15) is 0 Å². The molecule has 1 N–H and O–H groups in total. The maximum atomic E-state index is 14.0. The van der Waals surface area contributed by atoms with Gasteiger partial charge >= 0.3 is 0 Å². The number of benzene rings is 1. The number of nitrogens with one attached hydrogen (secondary N) is 1. The molecule has 31 heavy (non-hydrogen) atoms. The number of rotatable bonds is 13. The molecule has 4 nitrogen and oxygen atoms in total. The molecule has 0 atom stereocenters. The highest BCUT2D eigenvalue weighted by Gasteiger charge is 2.10. The van der Waals surface area contributed by atoms with Gasteiger partial charge in [0.15, 0.2) is 5.83 Å². The molecule has 0 bridgehead atoms. The van der Waals surface area contributed by atoms with Gasteiger partial charge in [0.1, 0.15) is 0 Å². The highest BCUT2D eigenvalue weighted by Crippen LogP contribution is 2.16. The van der Waals surface area contributed by atoms with Crippen molar-refractivity contribution in [1.29, 1.82) is 0 Å². The predicted molar refractivity (Wildman–Crippen MR) is 126 cm³/mol. The molecule has 0 aliphatic heterocycles. The Kier molecular flexibility index (Phi) is 10.5. The third-order valence-corrected chi connectivity index (χ3v) is 4.80. The van der Waals surface area contributed by atoms with Gasteiger partial charge in [0.2, 0.25) is 5.88 Å². The number of amides is 1. The number of fused-ring (bicyclic) bond motifs is 1. The average Bonchev–Trinajstić information content (AvgIpc) is 2.77. The summed E-state index contributed by atoms with van der Waals surface area (Å²) in [5.74, 6) is -0.752. The van der Waals surface area contributed by atoms with Crippen LogP contribution in [0.2, 0.25) is 0 Å². The van der Waals surface area contributed by atoms with Crippen LogP contribution in [0.4, 0.5) is 4.39 Å². The summed E-state index contributed by atoms with van der Waals surface area (Å²) in [6.45, 7) is 8.02. The van der Waals surface area contributed by atoms with Crippen molar-refractivity contribution in [1.82, 2.24) is 10.3 Å². The summed E-state index contributed by atoms with van der Waals surface area (Å²) >= 11 is 0. The molecule has 1 aromatic heterocycles. The van der Waals surface area contributed by atoms with Gasteiger partial charge in [-0.15, -0.1) is 0 Å². The fourth-order valence-corrected chi connectivity index (χ4v) is 3.02. The molecule has 0 aliphatic rings. The SMILES string of the molecule is C=C(C)CNC(=O)C(F)=C(C)C=CCCCCCCCOc1ccc2ccccc2n1. The first-order valence-corrected chi connectivity index (χ1v) is 10.9. The molecular weight excluding hydrogens is 391 g/mol. The molecule has 0 radical (unpaired) electrons.